The van der Waals surface area contributed by atoms with Crippen molar-refractivity contribution in [2.45, 2.75) is 97.2 Å². The normalized spacial score (nSPS) is 17.0. The number of esters is 1. The Kier molecular flexibility index (Phi) is 19.4. The highest BCUT2D eigenvalue weighted by molar-refractivity contribution is 5.97. The molecule has 0 aromatic heterocycles. The van der Waals surface area contributed by atoms with Crippen LogP contribution in [0.3, 0.4) is 0 Å². The average Bonchev–Trinajstić information content (AvgIpc) is 3.01. The molecule has 1 aliphatic rings. The van der Waals surface area contributed by atoms with Gasteiger partial charge in [-0.1, -0.05) is 11.1 Å². The molecule has 1 fully saturated rings. The number of carbonyl (C=O) groups excluding carboxylic acids is 7. The molecule has 18 heteroatoms. The van der Waals surface area contributed by atoms with Crippen molar-refractivity contribution in [3.8, 4) is 0 Å². The molecule has 6 amide bonds. The van der Waals surface area contributed by atoms with Gasteiger partial charge in [-0.3, -0.25) is 44.4 Å². The Morgan fingerprint density at radius 2 is 1.24 bits per heavy atom. The number of nitrogens with zero attached hydrogens (tertiary/aromatic N) is 3. The fourth-order valence-electron chi connectivity index (χ4n) is 4.59. The van der Waals surface area contributed by atoms with Gasteiger partial charge in [-0.05, 0) is 58.8 Å². The number of hydrogen-bond acceptors (Lipinski definition) is 12. The van der Waals surface area contributed by atoms with Crippen molar-refractivity contribution in [1.82, 2.24) is 31.1 Å². The van der Waals surface area contributed by atoms with Crippen molar-refractivity contribution in [3.05, 3.63) is 23.3 Å². The first kappa shape index (κ1) is 42.6. The fraction of sp³-hybridized carbons (Fsp3) is 0.645. The monoisotopic (exact) mass is 698 g/mol. The summed E-state index contributed by atoms with van der Waals surface area (Å²) in [6.45, 7) is 5.15. The molecule has 3 atom stereocenters. The van der Waals surface area contributed by atoms with E-state index in [2.05, 4.69) is 16.0 Å². The van der Waals surface area contributed by atoms with Crippen LogP contribution in [0.25, 0.3) is 0 Å². The van der Waals surface area contributed by atoms with Crippen molar-refractivity contribution in [3.63, 3.8) is 0 Å². The molecule has 1 aliphatic heterocycles. The third-order valence-corrected chi connectivity index (χ3v) is 7.38. The van der Waals surface area contributed by atoms with Crippen molar-refractivity contribution in [2.75, 3.05) is 32.8 Å². The van der Waals surface area contributed by atoms with Crippen LogP contribution in [-0.4, -0.2) is 128 Å². The number of hydroxylamine groups is 6. The van der Waals surface area contributed by atoms with Crippen LogP contribution in [0.1, 0.15) is 79.1 Å². The van der Waals surface area contributed by atoms with Crippen LogP contribution >= 0.6 is 0 Å². The Morgan fingerprint density at radius 1 is 0.776 bits per heavy atom. The molecule has 49 heavy (non-hydrogen) atoms. The molecule has 0 spiro atoms. The molecular formula is C31H50N6O12. The van der Waals surface area contributed by atoms with Gasteiger partial charge in [-0.2, -0.15) is 0 Å². The number of aliphatic hydroxyl groups is 1. The summed E-state index contributed by atoms with van der Waals surface area (Å²) in [7, 11) is 0. The van der Waals surface area contributed by atoms with Crippen molar-refractivity contribution in [2.24, 2.45) is 0 Å². The summed E-state index contributed by atoms with van der Waals surface area (Å²) in [5.74, 6) is -4.04. The predicted octanol–water partition coefficient (Wildman–Crippen LogP) is -0.303. The number of aliphatic hydroxyl groups excluding tert-OH is 1. The lowest BCUT2D eigenvalue weighted by molar-refractivity contribution is -0.163. The lowest BCUT2D eigenvalue weighted by Crippen LogP contribution is -2.61. The van der Waals surface area contributed by atoms with Crippen LogP contribution in [-0.2, 0) is 38.3 Å². The largest absolute Gasteiger partial charge is 0.464 e. The second kappa shape index (κ2) is 22.3. The van der Waals surface area contributed by atoms with Gasteiger partial charge >= 0.3 is 5.97 Å². The lowest BCUT2D eigenvalue weighted by atomic mass is 10.0. The van der Waals surface area contributed by atoms with Crippen molar-refractivity contribution in [1.29, 1.82) is 0 Å². The van der Waals surface area contributed by atoms with E-state index in [0.717, 1.165) is 6.08 Å². The number of piperazine rings is 1. The first-order valence-corrected chi connectivity index (χ1v) is 16.0. The van der Waals surface area contributed by atoms with E-state index in [-0.39, 0.29) is 77.8 Å². The second-order valence-electron chi connectivity index (χ2n) is 11.7. The number of rotatable bonds is 21. The number of hydrogen-bond donors (Lipinski definition) is 7. The standard InChI is InChI=1S/C31H50N6O12/c1-20(11-16-38)18-27(41)36(47)14-5-8-24-29(43)34-25(30(44)33-24)9-6-15-37(48)28(42)19-21(2)12-17-49-31(45)26(32-22(3)39)10-7-13-35(46)23(4)40/h18-19,24-26,38,46-48H,5-17H2,1-4H3,(H,32,39)(H,33,44)(H,34,43)/t24-,25?,26+/m0/s1. The summed E-state index contributed by atoms with van der Waals surface area (Å²) in [4.78, 5) is 84.5. The zero-order valence-electron chi connectivity index (χ0n) is 28.5. The van der Waals surface area contributed by atoms with Crippen LogP contribution in [0, 0.1) is 0 Å². The first-order valence-electron chi connectivity index (χ1n) is 16.0. The summed E-state index contributed by atoms with van der Waals surface area (Å²) >= 11 is 0. The SMILES string of the molecule is CC(=O)N[C@H](CCCN(O)C(C)=O)C(=O)OCCC(C)=CC(=O)N(O)CCCC1NC(=O)[C@H](CCCN(O)C(=O)C=C(C)CCO)NC1=O. The van der Waals surface area contributed by atoms with Gasteiger partial charge < -0.3 is 25.8 Å². The second-order valence-corrected chi connectivity index (χ2v) is 11.7. The highest BCUT2D eigenvalue weighted by atomic mass is 16.5. The molecule has 0 aromatic carbocycles. The summed E-state index contributed by atoms with van der Waals surface area (Å²) in [6.07, 6.45) is 3.83. The van der Waals surface area contributed by atoms with Gasteiger partial charge in [0.05, 0.1) is 6.61 Å². The Morgan fingerprint density at radius 3 is 1.69 bits per heavy atom. The van der Waals surface area contributed by atoms with E-state index >= 15 is 0 Å². The molecule has 276 valence electrons. The highest BCUT2D eigenvalue weighted by Gasteiger charge is 2.33. The Bertz CT molecular complexity index is 1240. The molecule has 1 rings (SSSR count). The molecule has 18 nitrogen and oxygen atoms in total. The summed E-state index contributed by atoms with van der Waals surface area (Å²) in [6, 6.07) is -2.74. The molecule has 1 unspecified atom stereocenters. The maximum Gasteiger partial charge on any atom is 0.328 e. The fourth-order valence-corrected chi connectivity index (χ4v) is 4.59. The lowest BCUT2D eigenvalue weighted by Gasteiger charge is -2.30. The summed E-state index contributed by atoms with van der Waals surface area (Å²) < 4.78 is 5.21. The van der Waals surface area contributed by atoms with Crippen LogP contribution in [0.2, 0.25) is 0 Å². The van der Waals surface area contributed by atoms with E-state index in [1.54, 1.807) is 13.8 Å². The third-order valence-electron chi connectivity index (χ3n) is 7.38. The minimum Gasteiger partial charge on any atom is -0.464 e. The molecule has 0 radical (unpaired) electrons. The molecule has 0 saturated carbocycles. The van der Waals surface area contributed by atoms with Gasteiger partial charge in [-0.15, -0.1) is 0 Å². The van der Waals surface area contributed by atoms with E-state index in [9.17, 15) is 49.2 Å². The minimum absolute atomic E-state index is 0.0356. The number of carbonyl (C=O) groups is 7. The topological polar surface area (TPSA) is 255 Å². The maximum absolute atomic E-state index is 12.5. The molecule has 7 N–H and O–H groups in total. The molecule has 1 heterocycles. The van der Waals surface area contributed by atoms with E-state index in [4.69, 9.17) is 9.84 Å². The van der Waals surface area contributed by atoms with E-state index in [1.165, 1.54) is 19.9 Å². The van der Waals surface area contributed by atoms with Crippen LogP contribution in [0.15, 0.2) is 23.3 Å². The molecule has 1 saturated heterocycles. The smallest absolute Gasteiger partial charge is 0.328 e. The average molecular weight is 699 g/mol. The maximum atomic E-state index is 12.5. The minimum atomic E-state index is -0.997. The van der Waals surface area contributed by atoms with Crippen LogP contribution in [0.4, 0.5) is 0 Å². The number of ether oxygens (including phenoxy) is 1. The molecule has 0 bridgehead atoms. The summed E-state index contributed by atoms with van der Waals surface area (Å²) in [5.41, 5.74) is 1.08. The molecular weight excluding hydrogens is 648 g/mol. The first-order chi connectivity index (χ1) is 23.0. The Balaban J connectivity index is 2.44. The van der Waals surface area contributed by atoms with Crippen LogP contribution in [0.5, 0.6) is 0 Å². The molecule has 0 aliphatic carbocycles. The predicted molar refractivity (Wildman–Crippen MR) is 170 cm³/mol. The van der Waals surface area contributed by atoms with Crippen molar-refractivity contribution < 1.29 is 59.0 Å². The zero-order valence-corrected chi connectivity index (χ0v) is 28.5. The van der Waals surface area contributed by atoms with Gasteiger partial charge in [0.25, 0.3) is 11.8 Å². The Labute approximate surface area is 285 Å². The van der Waals surface area contributed by atoms with E-state index in [0.29, 0.717) is 32.8 Å². The quantitative estimate of drug-likeness (QED) is 0.0353. The number of nitrogens with one attached hydrogen (secondary N) is 3. The van der Waals surface area contributed by atoms with Gasteiger partial charge in [-0.25, -0.2) is 20.0 Å². The third kappa shape index (κ3) is 17.0. The Hall–Kier alpha value is -4.39. The van der Waals surface area contributed by atoms with E-state index < -0.39 is 59.5 Å². The van der Waals surface area contributed by atoms with E-state index in [1.807, 2.05) is 0 Å². The van der Waals surface area contributed by atoms with Crippen LogP contribution < -0.4 is 16.0 Å². The number of amides is 6. The zero-order chi connectivity index (χ0) is 37.1. The van der Waals surface area contributed by atoms with Gasteiger partial charge in [0.2, 0.25) is 23.6 Å². The van der Waals surface area contributed by atoms with Gasteiger partial charge in [0, 0.05) is 58.7 Å². The van der Waals surface area contributed by atoms with Crippen molar-refractivity contribution >= 4 is 41.4 Å². The van der Waals surface area contributed by atoms with Gasteiger partial charge in [0.15, 0.2) is 0 Å². The van der Waals surface area contributed by atoms with Gasteiger partial charge in [0.1, 0.15) is 18.1 Å². The molecule has 0 aromatic rings. The highest BCUT2D eigenvalue weighted by Crippen LogP contribution is 2.11. The summed E-state index contributed by atoms with van der Waals surface area (Å²) in [5, 5.41) is 47.5.